The number of hydrogen-bond acceptors (Lipinski definition) is 4. The Morgan fingerprint density at radius 3 is 2.71 bits per heavy atom. The van der Waals surface area contributed by atoms with Gasteiger partial charge in [-0.3, -0.25) is 14.9 Å². The van der Waals surface area contributed by atoms with E-state index in [2.05, 4.69) is 5.32 Å². The van der Waals surface area contributed by atoms with Crippen molar-refractivity contribution in [2.24, 2.45) is 0 Å². The summed E-state index contributed by atoms with van der Waals surface area (Å²) in [6, 6.07) is 4.01. The Kier molecular flexibility index (Phi) is 4.26. The molecule has 0 spiro atoms. The fourth-order valence-corrected chi connectivity index (χ4v) is 1.59. The molecular formula is C9H5Cl2N3O3. The van der Waals surface area contributed by atoms with Crippen molar-refractivity contribution in [1.82, 2.24) is 0 Å². The maximum absolute atomic E-state index is 11.2. The lowest BCUT2D eigenvalue weighted by molar-refractivity contribution is -0.384. The standard InChI is InChI=1S/C9H5Cl2N3O3/c10-5-1-2-6(14(16)17)8(11)9(5)13-7(15)3-4-12/h1-2H,3H2,(H,13,15). The first kappa shape index (κ1) is 13.2. The van der Waals surface area contributed by atoms with Crippen molar-refractivity contribution in [3.63, 3.8) is 0 Å². The predicted octanol–water partition coefficient (Wildman–Crippen LogP) is 2.75. The van der Waals surface area contributed by atoms with Crippen LogP contribution in [-0.4, -0.2) is 10.8 Å². The van der Waals surface area contributed by atoms with Gasteiger partial charge in [0.15, 0.2) is 0 Å². The quantitative estimate of drug-likeness (QED) is 0.676. The Balaban J connectivity index is 3.15. The summed E-state index contributed by atoms with van der Waals surface area (Å²) in [6.07, 6.45) is -0.394. The Labute approximate surface area is 106 Å². The number of halogens is 2. The summed E-state index contributed by atoms with van der Waals surface area (Å²) in [7, 11) is 0. The number of benzene rings is 1. The zero-order valence-electron chi connectivity index (χ0n) is 8.24. The highest BCUT2D eigenvalue weighted by molar-refractivity contribution is 6.41. The van der Waals surface area contributed by atoms with Gasteiger partial charge in [-0.05, 0) is 6.07 Å². The topological polar surface area (TPSA) is 96.0 Å². The van der Waals surface area contributed by atoms with Crippen LogP contribution in [0.15, 0.2) is 12.1 Å². The zero-order valence-corrected chi connectivity index (χ0v) is 9.75. The van der Waals surface area contributed by atoms with Crippen molar-refractivity contribution in [2.45, 2.75) is 6.42 Å². The van der Waals surface area contributed by atoms with Gasteiger partial charge in [0, 0.05) is 6.07 Å². The molecule has 1 amide bonds. The molecule has 88 valence electrons. The zero-order chi connectivity index (χ0) is 13.0. The maximum Gasteiger partial charge on any atom is 0.290 e. The Morgan fingerprint density at radius 1 is 1.53 bits per heavy atom. The number of nitro groups is 1. The van der Waals surface area contributed by atoms with E-state index >= 15 is 0 Å². The van der Waals surface area contributed by atoms with E-state index < -0.39 is 17.3 Å². The van der Waals surface area contributed by atoms with Crippen LogP contribution in [0.1, 0.15) is 6.42 Å². The van der Waals surface area contributed by atoms with Crippen LogP contribution in [0.3, 0.4) is 0 Å². The minimum atomic E-state index is -0.696. The second-order valence-corrected chi connectivity index (χ2v) is 3.68. The number of carbonyl (C=O) groups excluding carboxylic acids is 1. The normalized spacial score (nSPS) is 9.47. The minimum absolute atomic E-state index is 0.0619. The summed E-state index contributed by atoms with van der Waals surface area (Å²) in [5, 5.41) is 21.0. The molecule has 1 aromatic rings. The van der Waals surface area contributed by atoms with E-state index in [1.54, 1.807) is 6.07 Å². The molecule has 0 unspecified atom stereocenters. The van der Waals surface area contributed by atoms with Crippen LogP contribution in [0.5, 0.6) is 0 Å². The molecule has 0 aliphatic carbocycles. The summed E-state index contributed by atoms with van der Waals surface area (Å²) in [5.41, 5.74) is -0.439. The lowest BCUT2D eigenvalue weighted by atomic mass is 10.2. The highest BCUT2D eigenvalue weighted by Crippen LogP contribution is 2.37. The molecule has 0 aromatic heterocycles. The molecule has 0 bridgehead atoms. The lowest BCUT2D eigenvalue weighted by Gasteiger charge is -2.07. The third kappa shape index (κ3) is 3.06. The van der Waals surface area contributed by atoms with E-state index in [9.17, 15) is 14.9 Å². The number of hydrogen-bond donors (Lipinski definition) is 1. The number of nitrogens with one attached hydrogen (secondary N) is 1. The number of rotatable bonds is 3. The molecule has 0 heterocycles. The summed E-state index contributed by atoms with van der Waals surface area (Å²) >= 11 is 11.5. The molecule has 0 aliphatic rings. The van der Waals surface area contributed by atoms with Crippen LogP contribution in [0.4, 0.5) is 11.4 Å². The number of nitro benzene ring substituents is 1. The first-order valence-corrected chi connectivity index (χ1v) is 5.02. The van der Waals surface area contributed by atoms with Crippen LogP contribution in [0, 0.1) is 21.4 Å². The molecule has 0 aliphatic heterocycles. The van der Waals surface area contributed by atoms with Crippen molar-refractivity contribution in [3.8, 4) is 6.07 Å². The largest absolute Gasteiger partial charge is 0.322 e. The monoisotopic (exact) mass is 273 g/mol. The molecule has 0 saturated carbocycles. The van der Waals surface area contributed by atoms with Gasteiger partial charge in [-0.2, -0.15) is 5.26 Å². The summed E-state index contributed by atoms with van der Waals surface area (Å²) < 4.78 is 0. The van der Waals surface area contributed by atoms with Crippen molar-refractivity contribution < 1.29 is 9.72 Å². The van der Waals surface area contributed by atoms with Crippen LogP contribution < -0.4 is 5.32 Å². The first-order valence-electron chi connectivity index (χ1n) is 4.26. The van der Waals surface area contributed by atoms with Crippen LogP contribution in [0.25, 0.3) is 0 Å². The second-order valence-electron chi connectivity index (χ2n) is 2.90. The van der Waals surface area contributed by atoms with E-state index in [4.69, 9.17) is 28.5 Å². The number of amides is 1. The molecule has 0 atom stereocenters. The molecule has 6 nitrogen and oxygen atoms in total. The van der Waals surface area contributed by atoms with Gasteiger partial charge in [0.2, 0.25) is 5.91 Å². The average Bonchev–Trinajstić information content (AvgIpc) is 2.24. The maximum atomic E-state index is 11.2. The van der Waals surface area contributed by atoms with E-state index in [1.165, 1.54) is 6.07 Å². The molecule has 1 N–H and O–H groups in total. The van der Waals surface area contributed by atoms with E-state index in [-0.39, 0.29) is 21.4 Å². The smallest absolute Gasteiger partial charge is 0.290 e. The van der Waals surface area contributed by atoms with Gasteiger partial charge >= 0.3 is 0 Å². The van der Waals surface area contributed by atoms with Crippen molar-refractivity contribution in [3.05, 3.63) is 32.3 Å². The first-order chi connectivity index (χ1) is 7.97. The van der Waals surface area contributed by atoms with Crippen molar-refractivity contribution >= 4 is 40.5 Å². The molecule has 8 heteroatoms. The highest BCUT2D eigenvalue weighted by atomic mass is 35.5. The van der Waals surface area contributed by atoms with Gasteiger partial charge in [-0.1, -0.05) is 23.2 Å². The predicted molar refractivity (Wildman–Crippen MR) is 62.0 cm³/mol. The van der Waals surface area contributed by atoms with Gasteiger partial charge in [0.25, 0.3) is 5.69 Å². The van der Waals surface area contributed by atoms with Crippen LogP contribution >= 0.6 is 23.2 Å². The highest BCUT2D eigenvalue weighted by Gasteiger charge is 2.19. The molecule has 0 radical (unpaired) electrons. The SMILES string of the molecule is N#CCC(=O)Nc1c(Cl)ccc([N+](=O)[O-])c1Cl. The Morgan fingerprint density at radius 2 is 2.18 bits per heavy atom. The number of nitriles is 1. The van der Waals surface area contributed by atoms with Crippen LogP contribution in [0.2, 0.25) is 10.0 Å². The van der Waals surface area contributed by atoms with Gasteiger partial charge in [-0.25, -0.2) is 0 Å². The Hall–Kier alpha value is -1.84. The molecule has 17 heavy (non-hydrogen) atoms. The second kappa shape index (κ2) is 5.48. The fourth-order valence-electron chi connectivity index (χ4n) is 1.05. The molecule has 1 aromatic carbocycles. The molecule has 0 saturated heterocycles. The average molecular weight is 274 g/mol. The number of carbonyl (C=O) groups is 1. The van der Waals surface area contributed by atoms with Crippen molar-refractivity contribution in [2.75, 3.05) is 5.32 Å². The lowest BCUT2D eigenvalue weighted by Crippen LogP contribution is -2.11. The van der Waals surface area contributed by atoms with E-state index in [0.29, 0.717) is 0 Å². The number of nitrogens with zero attached hydrogens (tertiary/aromatic N) is 2. The third-order valence-corrected chi connectivity index (χ3v) is 2.47. The van der Waals surface area contributed by atoms with Gasteiger partial charge in [0.1, 0.15) is 11.4 Å². The summed E-state index contributed by atoms with van der Waals surface area (Å²) in [4.78, 5) is 21.1. The fraction of sp³-hybridized carbons (Fsp3) is 0.111. The van der Waals surface area contributed by atoms with E-state index in [1.807, 2.05) is 0 Å². The molecule has 0 fully saturated rings. The van der Waals surface area contributed by atoms with Gasteiger partial charge < -0.3 is 5.32 Å². The summed E-state index contributed by atoms with van der Waals surface area (Å²) in [6.45, 7) is 0. The molecule has 1 rings (SSSR count). The van der Waals surface area contributed by atoms with Crippen molar-refractivity contribution in [1.29, 1.82) is 5.26 Å². The van der Waals surface area contributed by atoms with Gasteiger partial charge in [0.05, 0.1) is 21.7 Å². The Bertz CT molecular complexity index is 525. The van der Waals surface area contributed by atoms with E-state index in [0.717, 1.165) is 6.07 Å². The van der Waals surface area contributed by atoms with Crippen LogP contribution in [-0.2, 0) is 4.79 Å². The molecular weight excluding hydrogens is 269 g/mol. The third-order valence-electron chi connectivity index (χ3n) is 1.77. The number of anilines is 1. The minimum Gasteiger partial charge on any atom is -0.322 e. The van der Waals surface area contributed by atoms with Gasteiger partial charge in [-0.15, -0.1) is 0 Å². The summed E-state index contributed by atoms with van der Waals surface area (Å²) in [5.74, 6) is -0.642.